The Morgan fingerprint density at radius 2 is 2.22 bits per heavy atom. The minimum absolute atomic E-state index is 0.268. The van der Waals surface area contributed by atoms with E-state index in [0.29, 0.717) is 5.84 Å². The van der Waals surface area contributed by atoms with E-state index in [9.17, 15) is 0 Å². The molecule has 0 bridgehead atoms. The lowest BCUT2D eigenvalue weighted by atomic mass is 10.0. The number of nitrogens with one attached hydrogen (secondary N) is 1. The molecule has 1 saturated carbocycles. The summed E-state index contributed by atoms with van der Waals surface area (Å²) >= 11 is 0. The fourth-order valence-corrected chi connectivity index (χ4v) is 2.56. The molecule has 1 aromatic heterocycles. The Balaban J connectivity index is 1.89. The Labute approximate surface area is 109 Å². The molecular weight excluding hydrogens is 224 g/mol. The first-order chi connectivity index (χ1) is 8.49. The molecule has 1 aromatic rings. The molecule has 0 spiro atoms. The highest BCUT2D eigenvalue weighted by Gasteiger charge is 2.43. The smallest absolute Gasteiger partial charge is 0.0911 e. The number of amidine groups is 1. The maximum absolute atomic E-state index is 7.43. The van der Waals surface area contributed by atoms with Gasteiger partial charge < -0.3 is 5.73 Å². The predicted molar refractivity (Wildman–Crippen MR) is 73.5 cm³/mol. The molecule has 0 unspecified atom stereocenters. The Kier molecular flexibility index (Phi) is 3.66. The van der Waals surface area contributed by atoms with Crippen LogP contribution >= 0.6 is 0 Å². The summed E-state index contributed by atoms with van der Waals surface area (Å²) in [6, 6.07) is 6.13. The zero-order valence-corrected chi connectivity index (χ0v) is 11.2. The van der Waals surface area contributed by atoms with Crippen LogP contribution in [-0.4, -0.2) is 29.3 Å². The number of aryl methyl sites for hydroxylation is 1. The van der Waals surface area contributed by atoms with Gasteiger partial charge in [0.05, 0.1) is 11.5 Å². The van der Waals surface area contributed by atoms with Gasteiger partial charge in [-0.25, -0.2) is 0 Å². The summed E-state index contributed by atoms with van der Waals surface area (Å²) < 4.78 is 0. The van der Waals surface area contributed by atoms with Crippen LogP contribution in [0.4, 0.5) is 0 Å². The van der Waals surface area contributed by atoms with Crippen LogP contribution in [0.15, 0.2) is 18.2 Å². The van der Waals surface area contributed by atoms with Crippen molar-refractivity contribution < 1.29 is 0 Å². The van der Waals surface area contributed by atoms with Crippen LogP contribution < -0.4 is 5.73 Å². The van der Waals surface area contributed by atoms with Gasteiger partial charge in [-0.3, -0.25) is 15.3 Å². The van der Waals surface area contributed by atoms with E-state index in [4.69, 9.17) is 11.1 Å². The molecule has 0 saturated heterocycles. The molecular formula is C14H22N4. The molecule has 0 atom stereocenters. The Bertz CT molecular complexity index is 437. The molecule has 4 nitrogen and oxygen atoms in total. The number of nitrogens with zero attached hydrogens (tertiary/aromatic N) is 2. The number of nitrogens with two attached hydrogens (primary N) is 1. The summed E-state index contributed by atoms with van der Waals surface area (Å²) in [6.45, 7) is 3.88. The van der Waals surface area contributed by atoms with E-state index >= 15 is 0 Å². The molecule has 2 rings (SSSR count). The quantitative estimate of drug-likeness (QED) is 0.595. The lowest BCUT2D eigenvalue weighted by Crippen LogP contribution is -2.29. The Morgan fingerprint density at radius 3 is 2.78 bits per heavy atom. The fraction of sp³-hybridized carbons (Fsp3) is 0.571. The molecule has 1 fully saturated rings. The third-order valence-electron chi connectivity index (χ3n) is 3.51. The molecule has 4 heteroatoms. The summed E-state index contributed by atoms with van der Waals surface area (Å²) in [5, 5.41) is 7.43. The second-order valence-corrected chi connectivity index (χ2v) is 5.64. The van der Waals surface area contributed by atoms with E-state index in [-0.39, 0.29) is 5.41 Å². The third kappa shape index (κ3) is 3.53. The highest BCUT2D eigenvalue weighted by molar-refractivity contribution is 5.78. The summed E-state index contributed by atoms with van der Waals surface area (Å²) in [7, 11) is 2.12. The van der Waals surface area contributed by atoms with Gasteiger partial charge in [0, 0.05) is 25.2 Å². The van der Waals surface area contributed by atoms with E-state index in [1.807, 2.05) is 19.1 Å². The molecule has 1 aliphatic carbocycles. The first-order valence-corrected chi connectivity index (χ1v) is 6.43. The molecule has 0 aliphatic heterocycles. The van der Waals surface area contributed by atoms with Crippen molar-refractivity contribution in [1.82, 2.24) is 9.88 Å². The molecule has 0 aromatic carbocycles. The average Bonchev–Trinajstić information content (AvgIpc) is 2.95. The van der Waals surface area contributed by atoms with Crippen LogP contribution in [0.1, 0.15) is 30.7 Å². The summed E-state index contributed by atoms with van der Waals surface area (Å²) in [5.41, 5.74) is 7.96. The highest BCUT2D eigenvalue weighted by atomic mass is 15.1. The lowest BCUT2D eigenvalue weighted by molar-refractivity contribution is 0.256. The van der Waals surface area contributed by atoms with Gasteiger partial charge in [0.2, 0.25) is 0 Å². The summed E-state index contributed by atoms with van der Waals surface area (Å²) in [5.74, 6) is 0.314. The van der Waals surface area contributed by atoms with Crippen molar-refractivity contribution in [2.45, 2.75) is 32.7 Å². The topological polar surface area (TPSA) is 66.0 Å². The van der Waals surface area contributed by atoms with Crippen LogP contribution in [0.5, 0.6) is 0 Å². The van der Waals surface area contributed by atoms with Gasteiger partial charge >= 0.3 is 0 Å². The van der Waals surface area contributed by atoms with Crippen molar-refractivity contribution in [2.75, 3.05) is 13.6 Å². The fourth-order valence-electron chi connectivity index (χ4n) is 2.56. The summed E-state index contributed by atoms with van der Waals surface area (Å²) in [6.07, 6.45) is 3.12. The maximum atomic E-state index is 7.43. The SMILES string of the molecule is Cc1cccc(CN(C)CC2(CC(=N)N)CC2)n1. The molecule has 18 heavy (non-hydrogen) atoms. The van der Waals surface area contributed by atoms with Gasteiger partial charge in [-0.2, -0.15) is 0 Å². The molecule has 98 valence electrons. The third-order valence-corrected chi connectivity index (χ3v) is 3.51. The molecule has 0 radical (unpaired) electrons. The highest BCUT2D eigenvalue weighted by Crippen LogP contribution is 2.49. The van der Waals surface area contributed by atoms with E-state index in [1.54, 1.807) is 0 Å². The second-order valence-electron chi connectivity index (χ2n) is 5.64. The van der Waals surface area contributed by atoms with Crippen molar-refractivity contribution >= 4 is 5.84 Å². The van der Waals surface area contributed by atoms with Crippen LogP contribution in [0.25, 0.3) is 0 Å². The van der Waals surface area contributed by atoms with Gasteiger partial charge in [-0.05, 0) is 44.4 Å². The number of hydrogen-bond acceptors (Lipinski definition) is 3. The normalized spacial score (nSPS) is 16.8. The van der Waals surface area contributed by atoms with Crippen LogP contribution in [0.2, 0.25) is 0 Å². The second kappa shape index (κ2) is 5.06. The standard InChI is InChI=1S/C14H22N4/c1-11-4-3-5-12(17-11)9-18(2)10-14(6-7-14)8-13(15)16/h3-5H,6-10H2,1-2H3,(H3,15,16). The first kappa shape index (κ1) is 13.0. The zero-order chi connectivity index (χ0) is 13.2. The van der Waals surface area contributed by atoms with E-state index in [1.165, 1.54) is 12.8 Å². The van der Waals surface area contributed by atoms with Gasteiger partial charge in [-0.1, -0.05) is 6.07 Å². The first-order valence-electron chi connectivity index (χ1n) is 6.43. The molecule has 1 heterocycles. The Morgan fingerprint density at radius 1 is 1.50 bits per heavy atom. The van der Waals surface area contributed by atoms with Crippen molar-refractivity contribution in [1.29, 1.82) is 5.41 Å². The molecule has 3 N–H and O–H groups in total. The van der Waals surface area contributed by atoms with Gasteiger partial charge in [0.15, 0.2) is 0 Å². The maximum Gasteiger partial charge on any atom is 0.0911 e. The lowest BCUT2D eigenvalue weighted by Gasteiger charge is -2.23. The number of rotatable bonds is 6. The van der Waals surface area contributed by atoms with Crippen molar-refractivity contribution in [3.05, 3.63) is 29.6 Å². The van der Waals surface area contributed by atoms with Crippen molar-refractivity contribution in [2.24, 2.45) is 11.1 Å². The van der Waals surface area contributed by atoms with Gasteiger partial charge in [0.1, 0.15) is 0 Å². The van der Waals surface area contributed by atoms with E-state index in [0.717, 1.165) is 30.9 Å². The number of pyridine rings is 1. The zero-order valence-electron chi connectivity index (χ0n) is 11.2. The predicted octanol–water partition coefficient (Wildman–Crippen LogP) is 1.93. The Hall–Kier alpha value is -1.42. The number of hydrogen-bond donors (Lipinski definition) is 2. The minimum atomic E-state index is 0.268. The van der Waals surface area contributed by atoms with Crippen LogP contribution in [-0.2, 0) is 6.54 Å². The van der Waals surface area contributed by atoms with Crippen LogP contribution in [0, 0.1) is 17.7 Å². The minimum Gasteiger partial charge on any atom is -0.388 e. The number of aromatic nitrogens is 1. The van der Waals surface area contributed by atoms with Gasteiger partial charge in [0.25, 0.3) is 0 Å². The van der Waals surface area contributed by atoms with Gasteiger partial charge in [-0.15, -0.1) is 0 Å². The van der Waals surface area contributed by atoms with Crippen molar-refractivity contribution in [3.8, 4) is 0 Å². The van der Waals surface area contributed by atoms with E-state index < -0.39 is 0 Å². The molecule has 0 amide bonds. The van der Waals surface area contributed by atoms with Crippen LogP contribution in [0.3, 0.4) is 0 Å². The summed E-state index contributed by atoms with van der Waals surface area (Å²) in [4.78, 5) is 6.81. The molecule has 1 aliphatic rings. The largest absolute Gasteiger partial charge is 0.388 e. The average molecular weight is 246 g/mol. The van der Waals surface area contributed by atoms with E-state index in [2.05, 4.69) is 23.0 Å². The van der Waals surface area contributed by atoms with Crippen molar-refractivity contribution in [3.63, 3.8) is 0 Å². The monoisotopic (exact) mass is 246 g/mol.